The molecule has 0 radical (unpaired) electrons. The molecule has 4 rings (SSSR count). The van der Waals surface area contributed by atoms with E-state index in [0.29, 0.717) is 17.1 Å². The molecule has 1 saturated carbocycles. The van der Waals surface area contributed by atoms with Gasteiger partial charge in [0.25, 0.3) is 5.91 Å². The molecule has 1 fully saturated rings. The van der Waals surface area contributed by atoms with Crippen LogP contribution in [-0.4, -0.2) is 20.7 Å². The molecule has 2 heterocycles. The van der Waals surface area contributed by atoms with E-state index in [1.54, 1.807) is 10.9 Å². The number of aromatic nitrogens is 3. The minimum atomic E-state index is -0.552. The topological polar surface area (TPSA) is 99.8 Å². The van der Waals surface area contributed by atoms with Crippen LogP contribution in [0.4, 0.5) is 5.82 Å². The molecular weight excluding hydrogens is 326 g/mol. The van der Waals surface area contributed by atoms with Gasteiger partial charge >= 0.3 is 0 Å². The highest BCUT2D eigenvalue weighted by atomic mass is 16.1. The molecule has 0 unspecified atom stereocenters. The SMILES string of the molecule is Cc1ccc2cc(-c3nn(C4CCCCC4)c(N)c3C(N)=O)cnc2c1. The summed E-state index contributed by atoms with van der Waals surface area (Å²) in [6.07, 6.45) is 7.34. The third-order valence-corrected chi connectivity index (χ3v) is 5.23. The Kier molecular flexibility index (Phi) is 4.11. The number of nitrogens with zero attached hydrogens (tertiary/aromatic N) is 3. The van der Waals surface area contributed by atoms with Crippen LogP contribution in [0.15, 0.2) is 30.5 Å². The summed E-state index contributed by atoms with van der Waals surface area (Å²) in [5.41, 5.74) is 15.6. The van der Waals surface area contributed by atoms with Gasteiger partial charge < -0.3 is 11.5 Å². The van der Waals surface area contributed by atoms with Crippen molar-refractivity contribution in [2.75, 3.05) is 5.73 Å². The zero-order valence-electron chi connectivity index (χ0n) is 14.9. The van der Waals surface area contributed by atoms with Crippen LogP contribution in [0.5, 0.6) is 0 Å². The molecular formula is C20H23N5O. The number of benzene rings is 1. The van der Waals surface area contributed by atoms with Crippen molar-refractivity contribution < 1.29 is 4.79 Å². The molecule has 4 N–H and O–H groups in total. The summed E-state index contributed by atoms with van der Waals surface area (Å²) in [5, 5.41) is 5.69. The minimum Gasteiger partial charge on any atom is -0.383 e. The molecule has 134 valence electrons. The third-order valence-electron chi connectivity index (χ3n) is 5.23. The average Bonchev–Trinajstić information content (AvgIpc) is 2.99. The van der Waals surface area contributed by atoms with E-state index in [1.807, 2.05) is 31.2 Å². The number of hydrogen-bond acceptors (Lipinski definition) is 4. The van der Waals surface area contributed by atoms with E-state index in [0.717, 1.165) is 47.7 Å². The fraction of sp³-hybridized carbons (Fsp3) is 0.350. The molecule has 6 heteroatoms. The lowest BCUT2D eigenvalue weighted by molar-refractivity contribution is 0.100. The molecule has 1 aromatic carbocycles. The first-order valence-electron chi connectivity index (χ1n) is 9.09. The number of carbonyl (C=O) groups is 1. The van der Waals surface area contributed by atoms with Crippen molar-refractivity contribution >= 4 is 22.6 Å². The summed E-state index contributed by atoms with van der Waals surface area (Å²) in [5.74, 6) is -0.188. The zero-order chi connectivity index (χ0) is 18.3. The monoisotopic (exact) mass is 349 g/mol. The van der Waals surface area contributed by atoms with Gasteiger partial charge in [-0.25, -0.2) is 4.68 Å². The Morgan fingerprint density at radius 3 is 2.69 bits per heavy atom. The Labute approximate surface area is 152 Å². The number of nitrogen functional groups attached to an aromatic ring is 1. The van der Waals surface area contributed by atoms with Crippen molar-refractivity contribution in [1.29, 1.82) is 0 Å². The van der Waals surface area contributed by atoms with Crippen LogP contribution in [0, 0.1) is 6.92 Å². The zero-order valence-corrected chi connectivity index (χ0v) is 14.9. The molecule has 0 spiro atoms. The molecule has 1 aliphatic rings. The number of anilines is 1. The second kappa shape index (κ2) is 6.44. The van der Waals surface area contributed by atoms with Crippen LogP contribution in [-0.2, 0) is 0 Å². The van der Waals surface area contributed by atoms with Crippen molar-refractivity contribution in [3.63, 3.8) is 0 Å². The Balaban J connectivity index is 1.84. The fourth-order valence-corrected chi connectivity index (χ4v) is 3.86. The van der Waals surface area contributed by atoms with Gasteiger partial charge in [-0.15, -0.1) is 0 Å². The van der Waals surface area contributed by atoms with Gasteiger partial charge in [0.1, 0.15) is 17.1 Å². The first-order chi connectivity index (χ1) is 12.5. The number of nitrogens with two attached hydrogens (primary N) is 2. The molecule has 0 saturated heterocycles. The molecule has 6 nitrogen and oxygen atoms in total. The Morgan fingerprint density at radius 2 is 1.96 bits per heavy atom. The predicted octanol–water partition coefficient (Wildman–Crippen LogP) is 3.59. The maximum atomic E-state index is 12.1. The maximum Gasteiger partial charge on any atom is 0.254 e. The third kappa shape index (κ3) is 2.81. The Hall–Kier alpha value is -2.89. The van der Waals surface area contributed by atoms with E-state index in [9.17, 15) is 4.79 Å². The number of amides is 1. The lowest BCUT2D eigenvalue weighted by Crippen LogP contribution is -2.18. The number of hydrogen-bond donors (Lipinski definition) is 2. The standard InChI is InChI=1S/C20H23N5O/c1-12-7-8-13-10-14(11-23-16(13)9-12)18-17(20(22)26)19(21)25(24-18)15-5-3-2-4-6-15/h7-11,15H,2-6,21H2,1H3,(H2,22,26). The Bertz CT molecular complexity index is 985. The first-order valence-corrected chi connectivity index (χ1v) is 9.09. The normalized spacial score (nSPS) is 15.4. The van der Waals surface area contributed by atoms with Gasteiger partial charge in [0.2, 0.25) is 0 Å². The molecule has 1 amide bonds. The molecule has 26 heavy (non-hydrogen) atoms. The predicted molar refractivity (Wildman–Crippen MR) is 103 cm³/mol. The number of rotatable bonds is 3. The molecule has 1 aliphatic carbocycles. The molecule has 0 aliphatic heterocycles. The average molecular weight is 349 g/mol. The molecule has 3 aromatic rings. The van der Waals surface area contributed by atoms with E-state index in [4.69, 9.17) is 16.6 Å². The maximum absolute atomic E-state index is 12.1. The van der Waals surface area contributed by atoms with Gasteiger partial charge in [-0.3, -0.25) is 9.78 Å². The van der Waals surface area contributed by atoms with Crippen LogP contribution in [0.2, 0.25) is 0 Å². The van der Waals surface area contributed by atoms with Gasteiger partial charge in [-0.2, -0.15) is 5.10 Å². The van der Waals surface area contributed by atoms with Gasteiger partial charge in [0.05, 0.1) is 11.6 Å². The van der Waals surface area contributed by atoms with Crippen LogP contribution >= 0.6 is 0 Å². The van der Waals surface area contributed by atoms with Crippen LogP contribution < -0.4 is 11.5 Å². The van der Waals surface area contributed by atoms with Gasteiger partial charge in [0, 0.05) is 17.1 Å². The van der Waals surface area contributed by atoms with Gasteiger partial charge in [-0.1, -0.05) is 31.4 Å². The second-order valence-electron chi connectivity index (χ2n) is 7.13. The van der Waals surface area contributed by atoms with Crippen molar-refractivity contribution in [1.82, 2.24) is 14.8 Å². The molecule has 2 aromatic heterocycles. The quantitative estimate of drug-likeness (QED) is 0.754. The van der Waals surface area contributed by atoms with E-state index in [-0.39, 0.29) is 6.04 Å². The summed E-state index contributed by atoms with van der Waals surface area (Å²) in [6, 6.07) is 8.31. The van der Waals surface area contributed by atoms with Gasteiger partial charge in [0.15, 0.2) is 0 Å². The summed E-state index contributed by atoms with van der Waals surface area (Å²) in [7, 11) is 0. The van der Waals surface area contributed by atoms with E-state index >= 15 is 0 Å². The highest BCUT2D eigenvalue weighted by Crippen LogP contribution is 2.35. The highest BCUT2D eigenvalue weighted by Gasteiger charge is 2.26. The second-order valence-corrected chi connectivity index (χ2v) is 7.13. The van der Waals surface area contributed by atoms with Crippen molar-refractivity contribution in [2.45, 2.75) is 45.1 Å². The van der Waals surface area contributed by atoms with Gasteiger partial charge in [-0.05, 0) is 37.5 Å². The summed E-state index contributed by atoms with van der Waals surface area (Å²) < 4.78 is 1.80. The van der Waals surface area contributed by atoms with E-state index in [2.05, 4.69) is 4.98 Å². The van der Waals surface area contributed by atoms with Crippen molar-refractivity contribution in [3.8, 4) is 11.3 Å². The van der Waals surface area contributed by atoms with Crippen LogP contribution in [0.3, 0.4) is 0 Å². The summed E-state index contributed by atoms with van der Waals surface area (Å²) in [4.78, 5) is 16.6. The van der Waals surface area contributed by atoms with Crippen molar-refractivity contribution in [3.05, 3.63) is 41.6 Å². The van der Waals surface area contributed by atoms with E-state index in [1.165, 1.54) is 6.42 Å². The summed E-state index contributed by atoms with van der Waals surface area (Å²) in [6.45, 7) is 2.03. The first kappa shape index (κ1) is 16.6. The minimum absolute atomic E-state index is 0.228. The number of primary amides is 1. The number of aryl methyl sites for hydroxylation is 1. The lowest BCUT2D eigenvalue weighted by atomic mass is 9.95. The van der Waals surface area contributed by atoms with Crippen LogP contribution in [0.1, 0.15) is 54.1 Å². The number of fused-ring (bicyclic) bond motifs is 1. The molecule has 0 bridgehead atoms. The fourth-order valence-electron chi connectivity index (χ4n) is 3.86. The highest BCUT2D eigenvalue weighted by molar-refractivity contribution is 6.03. The largest absolute Gasteiger partial charge is 0.383 e. The number of pyridine rings is 1. The smallest absolute Gasteiger partial charge is 0.254 e. The van der Waals surface area contributed by atoms with Crippen molar-refractivity contribution in [2.24, 2.45) is 5.73 Å². The lowest BCUT2D eigenvalue weighted by Gasteiger charge is -2.22. The van der Waals surface area contributed by atoms with E-state index < -0.39 is 5.91 Å². The Morgan fingerprint density at radius 1 is 1.19 bits per heavy atom. The molecule has 0 atom stereocenters. The summed E-state index contributed by atoms with van der Waals surface area (Å²) >= 11 is 0. The van der Waals surface area contributed by atoms with Crippen LogP contribution in [0.25, 0.3) is 22.2 Å². The number of carbonyl (C=O) groups excluding carboxylic acids is 1.